The van der Waals surface area contributed by atoms with Gasteiger partial charge in [0.15, 0.2) is 0 Å². The molecule has 26 heavy (non-hydrogen) atoms. The summed E-state index contributed by atoms with van der Waals surface area (Å²) in [6, 6.07) is 9.71. The van der Waals surface area contributed by atoms with Crippen molar-refractivity contribution in [1.29, 1.82) is 0 Å². The molecule has 0 bridgehead atoms. The smallest absolute Gasteiger partial charge is 0.240 e. The van der Waals surface area contributed by atoms with E-state index in [0.29, 0.717) is 6.54 Å². The molecular formula is C19H22N6O. The molecule has 0 aliphatic carbocycles. The summed E-state index contributed by atoms with van der Waals surface area (Å²) >= 11 is 0. The summed E-state index contributed by atoms with van der Waals surface area (Å²) in [6.07, 6.45) is 4.06. The first-order valence-electron chi connectivity index (χ1n) is 8.95. The molecule has 1 aliphatic heterocycles. The molecule has 1 aromatic carbocycles. The van der Waals surface area contributed by atoms with Gasteiger partial charge in [-0.3, -0.25) is 4.79 Å². The van der Waals surface area contributed by atoms with Crippen LogP contribution in [-0.2, 0) is 17.9 Å². The Morgan fingerprint density at radius 2 is 2.00 bits per heavy atom. The molecule has 3 aromatic rings. The molecule has 7 nitrogen and oxygen atoms in total. The highest BCUT2D eigenvalue weighted by Gasteiger charge is 2.16. The van der Waals surface area contributed by atoms with E-state index in [1.54, 1.807) is 6.33 Å². The van der Waals surface area contributed by atoms with Gasteiger partial charge in [0.25, 0.3) is 0 Å². The number of carbonyl (C=O) groups excluding carboxylic acids is 1. The number of benzene rings is 1. The first kappa shape index (κ1) is 16.5. The van der Waals surface area contributed by atoms with Crippen LogP contribution in [0.1, 0.15) is 24.2 Å². The van der Waals surface area contributed by atoms with Gasteiger partial charge >= 0.3 is 0 Å². The number of imidazole rings is 1. The molecule has 0 atom stereocenters. The maximum absolute atomic E-state index is 12.3. The summed E-state index contributed by atoms with van der Waals surface area (Å²) < 4.78 is 1.85. The molecule has 134 valence electrons. The fraction of sp³-hybridized carbons (Fsp3) is 0.368. The van der Waals surface area contributed by atoms with E-state index >= 15 is 0 Å². The lowest BCUT2D eigenvalue weighted by Crippen LogP contribution is -2.28. The van der Waals surface area contributed by atoms with Gasteiger partial charge in [0.2, 0.25) is 11.9 Å². The predicted molar refractivity (Wildman–Crippen MR) is 99.8 cm³/mol. The number of para-hydroxylation sites is 2. The first-order valence-corrected chi connectivity index (χ1v) is 8.95. The summed E-state index contributed by atoms with van der Waals surface area (Å²) in [5.74, 6) is 0.708. The Morgan fingerprint density at radius 1 is 1.19 bits per heavy atom. The number of rotatable bonds is 5. The van der Waals surface area contributed by atoms with Crippen LogP contribution in [0.25, 0.3) is 11.0 Å². The topological polar surface area (TPSA) is 75.9 Å². The van der Waals surface area contributed by atoms with Gasteiger partial charge in [-0.25, -0.2) is 15.0 Å². The monoisotopic (exact) mass is 350 g/mol. The van der Waals surface area contributed by atoms with Crippen molar-refractivity contribution < 1.29 is 4.79 Å². The Morgan fingerprint density at radius 3 is 2.85 bits per heavy atom. The molecule has 2 aromatic heterocycles. The van der Waals surface area contributed by atoms with Crippen molar-refractivity contribution in [3.05, 3.63) is 48.0 Å². The van der Waals surface area contributed by atoms with E-state index in [2.05, 4.69) is 25.2 Å². The van der Waals surface area contributed by atoms with Crippen LogP contribution in [0.2, 0.25) is 0 Å². The maximum atomic E-state index is 12.3. The van der Waals surface area contributed by atoms with E-state index in [1.165, 1.54) is 12.8 Å². The summed E-state index contributed by atoms with van der Waals surface area (Å²) in [5, 5.41) is 2.95. The van der Waals surface area contributed by atoms with Gasteiger partial charge in [-0.1, -0.05) is 12.1 Å². The normalized spacial score (nSPS) is 14.1. The zero-order valence-electron chi connectivity index (χ0n) is 14.9. The molecule has 1 aliphatic rings. The van der Waals surface area contributed by atoms with Gasteiger partial charge in [0.1, 0.15) is 6.54 Å². The highest BCUT2D eigenvalue weighted by Crippen LogP contribution is 2.16. The van der Waals surface area contributed by atoms with Crippen LogP contribution in [0.15, 0.2) is 36.7 Å². The molecule has 1 fully saturated rings. The van der Waals surface area contributed by atoms with E-state index < -0.39 is 0 Å². The molecule has 0 saturated carbocycles. The minimum Gasteiger partial charge on any atom is -0.349 e. The van der Waals surface area contributed by atoms with Crippen LogP contribution < -0.4 is 10.2 Å². The molecule has 7 heteroatoms. The number of hydrogen-bond acceptors (Lipinski definition) is 5. The van der Waals surface area contributed by atoms with E-state index in [-0.39, 0.29) is 12.5 Å². The Kier molecular flexibility index (Phi) is 4.51. The second kappa shape index (κ2) is 7.11. The number of anilines is 1. The largest absolute Gasteiger partial charge is 0.349 e. The van der Waals surface area contributed by atoms with Crippen molar-refractivity contribution in [2.24, 2.45) is 0 Å². The Balaban J connectivity index is 1.41. The molecule has 1 saturated heterocycles. The lowest BCUT2D eigenvalue weighted by atomic mass is 10.3. The van der Waals surface area contributed by atoms with Crippen molar-refractivity contribution in [1.82, 2.24) is 24.8 Å². The zero-order valence-corrected chi connectivity index (χ0v) is 14.9. The SMILES string of the molecule is Cc1cc(CNC(=O)Cn2cnc3ccccc32)nc(N2CCCC2)n1. The first-order chi connectivity index (χ1) is 12.7. The number of aromatic nitrogens is 4. The van der Waals surface area contributed by atoms with E-state index in [4.69, 9.17) is 0 Å². The van der Waals surface area contributed by atoms with Crippen LogP contribution in [0, 0.1) is 6.92 Å². The lowest BCUT2D eigenvalue weighted by molar-refractivity contribution is -0.121. The standard InChI is InChI=1S/C19H22N6O/c1-14-10-15(23-19(22-14)24-8-4-5-9-24)11-20-18(26)12-25-13-21-16-6-2-3-7-17(16)25/h2-3,6-7,10,13H,4-5,8-9,11-12H2,1H3,(H,20,26). The van der Waals surface area contributed by atoms with Crippen molar-refractivity contribution in [3.8, 4) is 0 Å². The number of fused-ring (bicyclic) bond motifs is 1. The highest BCUT2D eigenvalue weighted by atomic mass is 16.1. The molecule has 0 spiro atoms. The molecule has 0 radical (unpaired) electrons. The van der Waals surface area contributed by atoms with Crippen LogP contribution in [0.5, 0.6) is 0 Å². The molecule has 3 heterocycles. The minimum absolute atomic E-state index is 0.0628. The van der Waals surface area contributed by atoms with E-state index in [9.17, 15) is 4.79 Å². The average Bonchev–Trinajstić information content (AvgIpc) is 3.30. The summed E-state index contributed by atoms with van der Waals surface area (Å²) in [6.45, 7) is 4.61. The van der Waals surface area contributed by atoms with E-state index in [1.807, 2.05) is 41.8 Å². The molecule has 4 rings (SSSR count). The third-order valence-electron chi connectivity index (χ3n) is 4.59. The number of nitrogens with one attached hydrogen (secondary N) is 1. The Labute approximate surface area is 152 Å². The van der Waals surface area contributed by atoms with Gasteiger partial charge < -0.3 is 14.8 Å². The summed E-state index contributed by atoms with van der Waals surface area (Å²) in [5.41, 5.74) is 3.61. The number of hydrogen-bond donors (Lipinski definition) is 1. The van der Waals surface area contributed by atoms with Crippen molar-refractivity contribution in [2.75, 3.05) is 18.0 Å². The maximum Gasteiger partial charge on any atom is 0.240 e. The third-order valence-corrected chi connectivity index (χ3v) is 4.59. The summed E-state index contributed by atoms with van der Waals surface area (Å²) in [7, 11) is 0. The van der Waals surface area contributed by atoms with Crippen molar-refractivity contribution >= 4 is 22.9 Å². The van der Waals surface area contributed by atoms with Gasteiger partial charge in [-0.05, 0) is 38.0 Å². The molecule has 1 amide bonds. The second-order valence-electron chi connectivity index (χ2n) is 6.63. The van der Waals surface area contributed by atoms with Crippen LogP contribution in [0.3, 0.4) is 0 Å². The second-order valence-corrected chi connectivity index (χ2v) is 6.63. The van der Waals surface area contributed by atoms with Gasteiger partial charge in [0, 0.05) is 18.8 Å². The van der Waals surface area contributed by atoms with Crippen LogP contribution in [0.4, 0.5) is 5.95 Å². The number of carbonyl (C=O) groups is 1. The quantitative estimate of drug-likeness (QED) is 0.762. The van der Waals surface area contributed by atoms with Crippen LogP contribution >= 0.6 is 0 Å². The van der Waals surface area contributed by atoms with Crippen molar-refractivity contribution in [3.63, 3.8) is 0 Å². The molecule has 1 N–H and O–H groups in total. The lowest BCUT2D eigenvalue weighted by Gasteiger charge is -2.16. The van der Waals surface area contributed by atoms with Gasteiger partial charge in [-0.15, -0.1) is 0 Å². The highest BCUT2D eigenvalue weighted by molar-refractivity contribution is 5.80. The van der Waals surface area contributed by atoms with E-state index in [0.717, 1.165) is 41.5 Å². The molecule has 0 unspecified atom stereocenters. The average molecular weight is 350 g/mol. The number of nitrogens with zero attached hydrogens (tertiary/aromatic N) is 5. The fourth-order valence-corrected chi connectivity index (χ4v) is 3.30. The predicted octanol–water partition coefficient (Wildman–Crippen LogP) is 2.05. The third kappa shape index (κ3) is 3.51. The summed E-state index contributed by atoms with van der Waals surface area (Å²) in [4.78, 5) is 28.0. The number of amides is 1. The Bertz CT molecular complexity index is 929. The van der Waals surface area contributed by atoms with Crippen LogP contribution in [-0.4, -0.2) is 38.5 Å². The molecular weight excluding hydrogens is 328 g/mol. The fourth-order valence-electron chi connectivity index (χ4n) is 3.30. The van der Waals surface area contributed by atoms with Crippen molar-refractivity contribution in [2.45, 2.75) is 32.9 Å². The van der Waals surface area contributed by atoms with Gasteiger partial charge in [0.05, 0.1) is 29.6 Å². The Hall–Kier alpha value is -2.96. The zero-order chi connectivity index (χ0) is 17.9. The van der Waals surface area contributed by atoms with Gasteiger partial charge in [-0.2, -0.15) is 0 Å². The minimum atomic E-state index is -0.0628. The number of aryl methyl sites for hydroxylation is 1.